The molecule has 0 bridgehead atoms. The van der Waals surface area contributed by atoms with Gasteiger partial charge in [-0.3, -0.25) is 14.4 Å². The number of benzene rings is 1. The van der Waals surface area contributed by atoms with Gasteiger partial charge in [0.05, 0.1) is 12.6 Å². The van der Waals surface area contributed by atoms with Gasteiger partial charge in [-0.25, -0.2) is 0 Å². The van der Waals surface area contributed by atoms with Crippen LogP contribution in [0.15, 0.2) is 34.7 Å². The van der Waals surface area contributed by atoms with Gasteiger partial charge in [-0.2, -0.15) is 0 Å². The molecule has 8 nitrogen and oxygen atoms in total. The van der Waals surface area contributed by atoms with E-state index in [0.717, 1.165) is 5.39 Å². The van der Waals surface area contributed by atoms with Gasteiger partial charge in [0.1, 0.15) is 11.9 Å². The van der Waals surface area contributed by atoms with Crippen molar-refractivity contribution in [3.05, 3.63) is 36.1 Å². The van der Waals surface area contributed by atoms with Crippen LogP contribution in [0.3, 0.4) is 0 Å². The molecule has 1 aliphatic heterocycles. The van der Waals surface area contributed by atoms with Crippen LogP contribution < -0.4 is 16.0 Å². The second-order valence-corrected chi connectivity index (χ2v) is 6.15. The molecule has 1 saturated heterocycles. The number of furan rings is 1. The van der Waals surface area contributed by atoms with E-state index in [-0.39, 0.29) is 30.6 Å². The van der Waals surface area contributed by atoms with Crippen molar-refractivity contribution in [3.63, 3.8) is 0 Å². The third-order valence-corrected chi connectivity index (χ3v) is 4.27. The normalized spacial score (nSPS) is 17.5. The average Bonchev–Trinajstić information content (AvgIpc) is 3.25. The Morgan fingerprint density at radius 2 is 2.15 bits per heavy atom. The van der Waals surface area contributed by atoms with Crippen LogP contribution in [0.5, 0.6) is 0 Å². The number of hydrogen-bond donors (Lipinski definition) is 3. The Hall–Kier alpha value is -3.16. The number of carbonyl (C=O) groups excluding carboxylic acids is 4. The lowest BCUT2D eigenvalue weighted by Gasteiger charge is -2.15. The molecule has 1 fully saturated rings. The molecule has 3 rings (SSSR count). The largest absolute Gasteiger partial charge is 0.451 e. The number of para-hydroxylation sites is 1. The first-order chi connectivity index (χ1) is 12.6. The van der Waals surface area contributed by atoms with Crippen LogP contribution in [-0.2, 0) is 14.4 Å². The van der Waals surface area contributed by atoms with Crippen molar-refractivity contribution in [1.82, 2.24) is 16.0 Å². The summed E-state index contributed by atoms with van der Waals surface area (Å²) in [5.74, 6) is -1.31. The molecule has 2 aromatic rings. The molecule has 2 atom stereocenters. The molecule has 0 spiro atoms. The first-order valence-electron chi connectivity index (χ1n) is 8.36. The van der Waals surface area contributed by atoms with Crippen molar-refractivity contribution in [2.75, 3.05) is 13.1 Å². The predicted molar refractivity (Wildman–Crippen MR) is 92.3 cm³/mol. The Morgan fingerprint density at radius 3 is 2.85 bits per heavy atom. The van der Waals surface area contributed by atoms with Gasteiger partial charge < -0.3 is 25.2 Å². The Labute approximate surface area is 149 Å². The summed E-state index contributed by atoms with van der Waals surface area (Å²) in [6.45, 7) is 0.285. The van der Waals surface area contributed by atoms with Gasteiger partial charge in [0.15, 0.2) is 5.76 Å². The molecule has 1 unspecified atom stereocenters. The van der Waals surface area contributed by atoms with Gasteiger partial charge in [0.2, 0.25) is 11.8 Å². The summed E-state index contributed by atoms with van der Waals surface area (Å²) in [4.78, 5) is 46.7. The fourth-order valence-corrected chi connectivity index (χ4v) is 2.92. The quantitative estimate of drug-likeness (QED) is 0.619. The predicted octanol–water partition coefficient (Wildman–Crippen LogP) is 0.373. The van der Waals surface area contributed by atoms with E-state index in [0.29, 0.717) is 24.8 Å². The number of fused-ring (bicyclic) bond motifs is 1. The summed E-state index contributed by atoms with van der Waals surface area (Å²) in [7, 11) is 0. The van der Waals surface area contributed by atoms with Gasteiger partial charge in [0, 0.05) is 17.8 Å². The van der Waals surface area contributed by atoms with E-state index in [1.54, 1.807) is 18.2 Å². The van der Waals surface area contributed by atoms with Crippen molar-refractivity contribution >= 4 is 35.0 Å². The third-order valence-electron chi connectivity index (χ3n) is 4.27. The number of amides is 3. The standard InChI is InChI=1S/C18H19N3O5/c22-10-13(7-12-5-6-19-17(12)24)21-16(23)9-20-18(25)15-8-11-3-1-2-4-14(11)26-15/h1-4,8,10,12-13H,5-7,9H2,(H,19,24)(H,20,25)(H,21,23)/t12?,13-/m0/s1. The Kier molecular flexibility index (Phi) is 5.31. The van der Waals surface area contributed by atoms with Crippen LogP contribution >= 0.6 is 0 Å². The molecular weight excluding hydrogens is 338 g/mol. The first kappa shape index (κ1) is 17.7. The minimum atomic E-state index is -0.764. The maximum absolute atomic E-state index is 12.1. The van der Waals surface area contributed by atoms with Gasteiger partial charge in [-0.15, -0.1) is 0 Å². The molecule has 136 valence electrons. The molecule has 0 aliphatic carbocycles. The van der Waals surface area contributed by atoms with E-state index >= 15 is 0 Å². The number of aldehydes is 1. The molecule has 1 aliphatic rings. The highest BCUT2D eigenvalue weighted by atomic mass is 16.3. The van der Waals surface area contributed by atoms with Crippen molar-refractivity contribution < 1.29 is 23.6 Å². The second kappa shape index (κ2) is 7.81. The summed E-state index contributed by atoms with van der Waals surface area (Å²) in [5.41, 5.74) is 0.581. The van der Waals surface area contributed by atoms with Gasteiger partial charge in [-0.05, 0) is 25.0 Å². The van der Waals surface area contributed by atoms with Crippen LogP contribution in [0.2, 0.25) is 0 Å². The minimum Gasteiger partial charge on any atom is -0.451 e. The monoisotopic (exact) mass is 357 g/mol. The number of hydrogen-bond acceptors (Lipinski definition) is 5. The zero-order valence-electron chi connectivity index (χ0n) is 14.0. The maximum atomic E-state index is 12.1. The highest BCUT2D eigenvalue weighted by molar-refractivity contribution is 5.98. The van der Waals surface area contributed by atoms with Crippen molar-refractivity contribution in [1.29, 1.82) is 0 Å². The molecule has 1 aromatic heterocycles. The van der Waals surface area contributed by atoms with Crippen LogP contribution in [0.1, 0.15) is 23.4 Å². The lowest BCUT2D eigenvalue weighted by atomic mass is 9.99. The first-order valence-corrected chi connectivity index (χ1v) is 8.36. The summed E-state index contributed by atoms with van der Waals surface area (Å²) in [6.07, 6.45) is 1.49. The smallest absolute Gasteiger partial charge is 0.287 e. The lowest BCUT2D eigenvalue weighted by Crippen LogP contribution is -2.43. The van der Waals surface area contributed by atoms with E-state index in [9.17, 15) is 19.2 Å². The van der Waals surface area contributed by atoms with Gasteiger partial charge in [-0.1, -0.05) is 18.2 Å². The van der Waals surface area contributed by atoms with Crippen LogP contribution in [0.4, 0.5) is 0 Å². The number of rotatable bonds is 7. The molecule has 8 heteroatoms. The van der Waals surface area contributed by atoms with Crippen molar-refractivity contribution in [2.45, 2.75) is 18.9 Å². The average molecular weight is 357 g/mol. The molecule has 0 radical (unpaired) electrons. The molecule has 26 heavy (non-hydrogen) atoms. The third kappa shape index (κ3) is 4.08. The van der Waals surface area contributed by atoms with E-state index < -0.39 is 17.9 Å². The maximum Gasteiger partial charge on any atom is 0.287 e. The summed E-state index contributed by atoms with van der Waals surface area (Å²) < 4.78 is 5.42. The fraction of sp³-hybridized carbons (Fsp3) is 0.333. The molecule has 3 amide bonds. The molecule has 2 heterocycles. The summed E-state index contributed by atoms with van der Waals surface area (Å²) in [6, 6.07) is 8.01. The van der Waals surface area contributed by atoms with Crippen LogP contribution in [0, 0.1) is 5.92 Å². The van der Waals surface area contributed by atoms with Crippen LogP contribution in [0.25, 0.3) is 11.0 Å². The summed E-state index contributed by atoms with van der Waals surface area (Å²) in [5, 5.41) is 8.44. The van der Waals surface area contributed by atoms with E-state index in [1.165, 1.54) is 0 Å². The zero-order chi connectivity index (χ0) is 18.5. The minimum absolute atomic E-state index is 0.105. The molecule has 0 saturated carbocycles. The number of carbonyl (C=O) groups is 4. The van der Waals surface area contributed by atoms with Crippen molar-refractivity contribution in [2.24, 2.45) is 5.92 Å². The Bertz CT molecular complexity index is 811. The molecule has 3 N–H and O–H groups in total. The highest BCUT2D eigenvalue weighted by Gasteiger charge is 2.27. The summed E-state index contributed by atoms with van der Waals surface area (Å²) >= 11 is 0. The second-order valence-electron chi connectivity index (χ2n) is 6.15. The number of nitrogens with one attached hydrogen (secondary N) is 3. The van der Waals surface area contributed by atoms with Gasteiger partial charge in [0.25, 0.3) is 5.91 Å². The van der Waals surface area contributed by atoms with Crippen LogP contribution in [-0.4, -0.2) is 43.1 Å². The lowest BCUT2D eigenvalue weighted by molar-refractivity contribution is -0.125. The highest BCUT2D eigenvalue weighted by Crippen LogP contribution is 2.18. The van der Waals surface area contributed by atoms with E-state index in [1.807, 2.05) is 12.1 Å². The van der Waals surface area contributed by atoms with Crippen molar-refractivity contribution in [3.8, 4) is 0 Å². The Balaban J connectivity index is 1.50. The van der Waals surface area contributed by atoms with Gasteiger partial charge >= 0.3 is 0 Å². The Morgan fingerprint density at radius 1 is 1.35 bits per heavy atom. The molecule has 1 aromatic carbocycles. The fourth-order valence-electron chi connectivity index (χ4n) is 2.92. The molecular formula is C18H19N3O5. The van der Waals surface area contributed by atoms with E-state index in [4.69, 9.17) is 4.42 Å². The zero-order valence-corrected chi connectivity index (χ0v) is 14.0. The van der Waals surface area contributed by atoms with E-state index in [2.05, 4.69) is 16.0 Å². The SMILES string of the molecule is O=C[C@H](CC1CCNC1=O)NC(=O)CNC(=O)c1cc2ccccc2o1. The topological polar surface area (TPSA) is 118 Å².